The number of aromatic nitrogens is 1. The first-order valence-electron chi connectivity index (χ1n) is 6.28. The molecule has 3 rings (SSSR count). The quantitative estimate of drug-likeness (QED) is 0.718. The lowest BCUT2D eigenvalue weighted by Crippen LogP contribution is -2.53. The van der Waals surface area contributed by atoms with Crippen molar-refractivity contribution < 1.29 is 17.9 Å². The van der Waals surface area contributed by atoms with Crippen molar-refractivity contribution in [1.29, 1.82) is 0 Å². The smallest absolute Gasteiger partial charge is 0.255 e. The molecule has 108 valence electrons. The minimum atomic E-state index is -3.16. The number of pyridine rings is 1. The zero-order valence-electron chi connectivity index (χ0n) is 10.6. The molecule has 2 fully saturated rings. The minimum Gasteiger partial charge on any atom is -0.373 e. The van der Waals surface area contributed by atoms with Crippen LogP contribution in [0.4, 0.5) is 0 Å². The molecular weight excluding hydrogens is 284 g/mol. The van der Waals surface area contributed by atoms with Gasteiger partial charge in [-0.15, -0.1) is 0 Å². The van der Waals surface area contributed by atoms with Crippen LogP contribution in [-0.4, -0.2) is 61.0 Å². The summed E-state index contributed by atoms with van der Waals surface area (Å²) in [6, 6.07) is 2.28. The Morgan fingerprint density at radius 3 is 2.85 bits per heavy atom. The van der Waals surface area contributed by atoms with Gasteiger partial charge in [0, 0.05) is 18.8 Å². The van der Waals surface area contributed by atoms with Crippen molar-refractivity contribution >= 4 is 15.7 Å². The summed E-state index contributed by atoms with van der Waals surface area (Å²) in [5.74, 6) is -0.378. The van der Waals surface area contributed by atoms with Crippen LogP contribution in [0, 0.1) is 0 Å². The first-order chi connectivity index (χ1) is 9.46. The van der Waals surface area contributed by atoms with Crippen molar-refractivity contribution in [3.8, 4) is 0 Å². The van der Waals surface area contributed by atoms with E-state index in [0.29, 0.717) is 18.7 Å². The van der Waals surface area contributed by atoms with Crippen molar-refractivity contribution in [2.24, 2.45) is 0 Å². The van der Waals surface area contributed by atoms with Gasteiger partial charge in [-0.1, -0.05) is 0 Å². The van der Waals surface area contributed by atoms with E-state index in [9.17, 15) is 18.0 Å². The van der Waals surface area contributed by atoms with E-state index >= 15 is 0 Å². The molecule has 2 saturated heterocycles. The fourth-order valence-corrected chi connectivity index (χ4v) is 4.55. The normalized spacial score (nSPS) is 28.1. The number of aromatic amines is 1. The maximum atomic E-state index is 12.4. The van der Waals surface area contributed by atoms with Gasteiger partial charge in [-0.25, -0.2) is 8.42 Å². The Bertz CT molecular complexity index is 676. The predicted molar refractivity (Wildman–Crippen MR) is 70.3 cm³/mol. The molecule has 1 aromatic heterocycles. The summed E-state index contributed by atoms with van der Waals surface area (Å²) in [6.07, 6.45) is 0.902. The molecule has 2 aliphatic rings. The molecule has 0 spiro atoms. The highest BCUT2D eigenvalue weighted by Gasteiger charge is 2.45. The zero-order valence-corrected chi connectivity index (χ0v) is 11.4. The van der Waals surface area contributed by atoms with Gasteiger partial charge in [-0.2, -0.15) is 0 Å². The molecule has 20 heavy (non-hydrogen) atoms. The first kappa shape index (κ1) is 13.3. The summed E-state index contributed by atoms with van der Waals surface area (Å²) >= 11 is 0. The lowest BCUT2D eigenvalue weighted by Gasteiger charge is -2.36. The summed E-state index contributed by atoms with van der Waals surface area (Å²) in [7, 11) is -3.16. The molecule has 2 atom stereocenters. The second kappa shape index (κ2) is 4.71. The molecule has 0 aromatic carbocycles. The van der Waals surface area contributed by atoms with Crippen molar-refractivity contribution in [2.75, 3.05) is 24.7 Å². The van der Waals surface area contributed by atoms with Crippen molar-refractivity contribution in [2.45, 2.75) is 12.1 Å². The number of nitrogens with one attached hydrogen (secondary N) is 1. The molecule has 7 nitrogen and oxygen atoms in total. The summed E-state index contributed by atoms with van der Waals surface area (Å²) < 4.78 is 28.8. The van der Waals surface area contributed by atoms with Crippen molar-refractivity contribution in [3.05, 3.63) is 34.2 Å². The average molecular weight is 298 g/mol. The summed E-state index contributed by atoms with van der Waals surface area (Å²) in [4.78, 5) is 27.4. The van der Waals surface area contributed by atoms with E-state index in [1.807, 2.05) is 0 Å². The number of fused-ring (bicyclic) bond motifs is 1. The SMILES string of the molecule is O=C(c1ccc(=O)[nH]c1)N1CCOC2CS(=O)(=O)CC21. The van der Waals surface area contributed by atoms with Crippen molar-refractivity contribution in [1.82, 2.24) is 9.88 Å². The number of hydrogen-bond acceptors (Lipinski definition) is 5. The fourth-order valence-electron chi connectivity index (χ4n) is 2.68. The molecule has 0 bridgehead atoms. The van der Waals surface area contributed by atoms with Gasteiger partial charge < -0.3 is 14.6 Å². The van der Waals surface area contributed by atoms with Crippen LogP contribution in [-0.2, 0) is 14.6 Å². The Balaban J connectivity index is 1.87. The number of carbonyl (C=O) groups is 1. The van der Waals surface area contributed by atoms with Gasteiger partial charge in [0.15, 0.2) is 9.84 Å². The number of hydrogen-bond donors (Lipinski definition) is 1. The average Bonchev–Trinajstić information content (AvgIpc) is 2.72. The van der Waals surface area contributed by atoms with Crippen LogP contribution in [0.1, 0.15) is 10.4 Å². The molecule has 2 aliphatic heterocycles. The first-order valence-corrected chi connectivity index (χ1v) is 8.10. The van der Waals surface area contributed by atoms with Gasteiger partial charge in [0.05, 0.1) is 35.8 Å². The van der Waals surface area contributed by atoms with Crippen molar-refractivity contribution in [3.63, 3.8) is 0 Å². The monoisotopic (exact) mass is 298 g/mol. The topological polar surface area (TPSA) is 96.5 Å². The van der Waals surface area contributed by atoms with Gasteiger partial charge in [0.25, 0.3) is 5.91 Å². The molecule has 0 saturated carbocycles. The molecule has 0 aliphatic carbocycles. The molecule has 1 aromatic rings. The number of sulfone groups is 1. The third kappa shape index (κ3) is 2.36. The Labute approximate surface area is 115 Å². The standard InChI is InChI=1S/C12H14N2O5S/c15-11-2-1-8(5-13-11)12(16)14-3-4-19-10-7-20(17,18)6-9(10)14/h1-2,5,9-10H,3-4,6-7H2,(H,13,15). The number of H-pyrrole nitrogens is 1. The molecule has 1 N–H and O–H groups in total. The fraction of sp³-hybridized carbons (Fsp3) is 0.500. The maximum Gasteiger partial charge on any atom is 0.255 e. The molecule has 0 radical (unpaired) electrons. The predicted octanol–water partition coefficient (Wildman–Crippen LogP) is -0.987. The van der Waals surface area contributed by atoms with E-state index in [1.165, 1.54) is 23.2 Å². The lowest BCUT2D eigenvalue weighted by atomic mass is 10.1. The van der Waals surface area contributed by atoms with Gasteiger partial charge in [-0.3, -0.25) is 9.59 Å². The number of morpholine rings is 1. The Morgan fingerprint density at radius 1 is 1.35 bits per heavy atom. The highest BCUT2D eigenvalue weighted by atomic mass is 32.2. The molecule has 3 heterocycles. The molecule has 1 amide bonds. The van der Waals surface area contributed by atoms with E-state index in [2.05, 4.69) is 4.98 Å². The minimum absolute atomic E-state index is 0.0347. The van der Waals surface area contributed by atoms with Crippen LogP contribution in [0.3, 0.4) is 0 Å². The van der Waals surface area contributed by atoms with E-state index in [4.69, 9.17) is 4.74 Å². The largest absolute Gasteiger partial charge is 0.373 e. The third-order valence-electron chi connectivity index (χ3n) is 3.63. The Morgan fingerprint density at radius 2 is 2.15 bits per heavy atom. The Hall–Kier alpha value is -1.67. The number of nitrogens with zero attached hydrogens (tertiary/aromatic N) is 1. The van der Waals surface area contributed by atoms with Crippen LogP contribution in [0.25, 0.3) is 0 Å². The van der Waals surface area contributed by atoms with E-state index < -0.39 is 22.0 Å². The van der Waals surface area contributed by atoms with Gasteiger partial charge in [0.1, 0.15) is 0 Å². The second-order valence-electron chi connectivity index (χ2n) is 4.99. The number of rotatable bonds is 1. The maximum absolute atomic E-state index is 12.4. The zero-order chi connectivity index (χ0) is 14.3. The van der Waals surface area contributed by atoms with Crippen LogP contribution >= 0.6 is 0 Å². The van der Waals surface area contributed by atoms with Crippen LogP contribution in [0.5, 0.6) is 0 Å². The number of carbonyl (C=O) groups excluding carboxylic acids is 1. The second-order valence-corrected chi connectivity index (χ2v) is 7.15. The lowest BCUT2D eigenvalue weighted by molar-refractivity contribution is -0.0361. The van der Waals surface area contributed by atoms with E-state index in [1.54, 1.807) is 0 Å². The molecule has 8 heteroatoms. The highest BCUT2D eigenvalue weighted by molar-refractivity contribution is 7.91. The van der Waals surface area contributed by atoms with Crippen LogP contribution in [0.15, 0.2) is 23.1 Å². The van der Waals surface area contributed by atoms with Gasteiger partial charge in [0.2, 0.25) is 5.56 Å². The van der Waals surface area contributed by atoms with Crippen LogP contribution < -0.4 is 5.56 Å². The van der Waals surface area contributed by atoms with Gasteiger partial charge >= 0.3 is 0 Å². The number of ether oxygens (including phenoxy) is 1. The van der Waals surface area contributed by atoms with E-state index in [-0.39, 0.29) is 23.0 Å². The molecular formula is C12H14N2O5S. The van der Waals surface area contributed by atoms with Gasteiger partial charge in [-0.05, 0) is 6.07 Å². The summed E-state index contributed by atoms with van der Waals surface area (Å²) in [5, 5.41) is 0. The Kier molecular flexibility index (Phi) is 3.14. The summed E-state index contributed by atoms with van der Waals surface area (Å²) in [5.41, 5.74) is 0.0550. The number of amides is 1. The van der Waals surface area contributed by atoms with E-state index in [0.717, 1.165) is 0 Å². The third-order valence-corrected chi connectivity index (χ3v) is 5.31. The highest BCUT2D eigenvalue weighted by Crippen LogP contribution is 2.25. The summed E-state index contributed by atoms with van der Waals surface area (Å²) in [6.45, 7) is 0.681. The van der Waals surface area contributed by atoms with Crippen LogP contribution in [0.2, 0.25) is 0 Å². The molecule has 2 unspecified atom stereocenters.